The Morgan fingerprint density at radius 3 is 2.65 bits per heavy atom. The second-order valence-corrected chi connectivity index (χ2v) is 4.19. The molecule has 0 spiro atoms. The van der Waals surface area contributed by atoms with Gasteiger partial charge in [-0.15, -0.1) is 0 Å². The lowest BCUT2D eigenvalue weighted by Gasteiger charge is -2.07. The second kappa shape index (κ2) is 4.72. The number of nitrogens with one attached hydrogen (secondary N) is 2. The Balaban J connectivity index is 1.88. The van der Waals surface area contributed by atoms with Gasteiger partial charge in [0.2, 0.25) is 5.95 Å². The van der Waals surface area contributed by atoms with Crippen molar-refractivity contribution < 1.29 is 8.78 Å². The minimum absolute atomic E-state index is 0.0784. The van der Waals surface area contributed by atoms with E-state index in [1.807, 2.05) is 0 Å². The van der Waals surface area contributed by atoms with Crippen LogP contribution in [-0.2, 0) is 6.54 Å². The maximum atomic E-state index is 13.1. The Morgan fingerprint density at radius 1 is 1.15 bits per heavy atom. The number of aromatic amines is 1. The number of H-pyrrole nitrogens is 1. The minimum Gasteiger partial charge on any atom is -0.368 e. The van der Waals surface area contributed by atoms with Crippen LogP contribution in [0.25, 0.3) is 11.0 Å². The van der Waals surface area contributed by atoms with Crippen LogP contribution >= 0.6 is 0 Å². The predicted molar refractivity (Wildman–Crippen MR) is 69.8 cm³/mol. The number of hydrogen-bond donors (Lipinski definition) is 3. The number of hydrogen-bond acceptors (Lipinski definition) is 5. The van der Waals surface area contributed by atoms with Crippen molar-refractivity contribution in [3.05, 3.63) is 41.6 Å². The summed E-state index contributed by atoms with van der Waals surface area (Å²) in [6.07, 6.45) is 1.54. The van der Waals surface area contributed by atoms with Gasteiger partial charge >= 0.3 is 0 Å². The highest BCUT2D eigenvalue weighted by Crippen LogP contribution is 2.19. The third-order valence-electron chi connectivity index (χ3n) is 2.71. The van der Waals surface area contributed by atoms with Gasteiger partial charge in [-0.3, -0.25) is 5.10 Å². The first-order valence-electron chi connectivity index (χ1n) is 5.77. The van der Waals surface area contributed by atoms with Crippen LogP contribution in [0.15, 0.2) is 24.4 Å². The van der Waals surface area contributed by atoms with Crippen molar-refractivity contribution in [1.82, 2.24) is 20.2 Å². The SMILES string of the molecule is Nc1nc(NCc2cc(F)cc(F)c2)c2cn[nH]c2n1. The molecule has 1 aromatic carbocycles. The lowest BCUT2D eigenvalue weighted by Crippen LogP contribution is -2.05. The van der Waals surface area contributed by atoms with Crippen LogP contribution in [0.3, 0.4) is 0 Å². The second-order valence-electron chi connectivity index (χ2n) is 4.19. The summed E-state index contributed by atoms with van der Waals surface area (Å²) in [5.41, 5.74) is 6.52. The van der Waals surface area contributed by atoms with Gasteiger partial charge in [0.1, 0.15) is 17.5 Å². The van der Waals surface area contributed by atoms with Crippen molar-refractivity contribution in [1.29, 1.82) is 0 Å². The molecule has 0 radical (unpaired) electrons. The Labute approximate surface area is 112 Å². The fourth-order valence-corrected chi connectivity index (χ4v) is 1.89. The number of halogens is 2. The fourth-order valence-electron chi connectivity index (χ4n) is 1.89. The van der Waals surface area contributed by atoms with Crippen LogP contribution in [0.2, 0.25) is 0 Å². The number of nitrogen functional groups attached to an aromatic ring is 1. The van der Waals surface area contributed by atoms with Crippen molar-refractivity contribution in [2.45, 2.75) is 6.54 Å². The molecule has 0 fully saturated rings. The molecule has 0 atom stereocenters. The molecule has 6 nitrogen and oxygen atoms in total. The highest BCUT2D eigenvalue weighted by molar-refractivity contribution is 5.86. The highest BCUT2D eigenvalue weighted by Gasteiger charge is 2.08. The lowest BCUT2D eigenvalue weighted by molar-refractivity contribution is 0.580. The lowest BCUT2D eigenvalue weighted by atomic mass is 10.2. The smallest absolute Gasteiger partial charge is 0.224 e. The van der Waals surface area contributed by atoms with E-state index in [1.54, 1.807) is 6.20 Å². The first kappa shape index (κ1) is 12.3. The average molecular weight is 276 g/mol. The summed E-state index contributed by atoms with van der Waals surface area (Å²) in [6, 6.07) is 3.31. The summed E-state index contributed by atoms with van der Waals surface area (Å²) < 4.78 is 26.2. The van der Waals surface area contributed by atoms with E-state index in [-0.39, 0.29) is 12.5 Å². The van der Waals surface area contributed by atoms with Gasteiger partial charge in [-0.1, -0.05) is 0 Å². The van der Waals surface area contributed by atoms with E-state index in [0.717, 1.165) is 6.07 Å². The molecule has 102 valence electrons. The molecule has 0 saturated heterocycles. The molecule has 2 aromatic heterocycles. The first-order chi connectivity index (χ1) is 9.61. The predicted octanol–water partition coefficient (Wildman–Crippen LogP) is 1.83. The summed E-state index contributed by atoms with van der Waals surface area (Å²) in [7, 11) is 0. The maximum absolute atomic E-state index is 13.1. The summed E-state index contributed by atoms with van der Waals surface area (Å²) in [4.78, 5) is 8.01. The number of nitrogens with two attached hydrogens (primary N) is 1. The van der Waals surface area contributed by atoms with Crippen molar-refractivity contribution in [2.75, 3.05) is 11.1 Å². The molecule has 0 aliphatic rings. The van der Waals surface area contributed by atoms with Crippen molar-refractivity contribution in [3.63, 3.8) is 0 Å². The molecule has 0 bridgehead atoms. The van der Waals surface area contributed by atoms with Crippen LogP contribution < -0.4 is 11.1 Å². The Bertz CT molecular complexity index is 749. The molecule has 0 saturated carbocycles. The molecule has 4 N–H and O–H groups in total. The Hall–Kier alpha value is -2.77. The number of benzene rings is 1. The third kappa shape index (κ3) is 2.35. The zero-order valence-corrected chi connectivity index (χ0v) is 10.2. The van der Waals surface area contributed by atoms with E-state index in [9.17, 15) is 8.78 Å². The third-order valence-corrected chi connectivity index (χ3v) is 2.71. The number of rotatable bonds is 3. The van der Waals surface area contributed by atoms with Gasteiger partial charge < -0.3 is 11.1 Å². The summed E-state index contributed by atoms with van der Waals surface area (Å²) in [6.45, 7) is 0.200. The van der Waals surface area contributed by atoms with Gasteiger partial charge in [0.15, 0.2) is 5.65 Å². The van der Waals surface area contributed by atoms with Crippen molar-refractivity contribution >= 4 is 22.8 Å². The summed E-state index contributed by atoms with van der Waals surface area (Å²) >= 11 is 0. The highest BCUT2D eigenvalue weighted by atomic mass is 19.1. The topological polar surface area (TPSA) is 92.5 Å². The molecule has 3 rings (SSSR count). The van der Waals surface area contributed by atoms with Gasteiger partial charge in [-0.05, 0) is 17.7 Å². The number of fused-ring (bicyclic) bond motifs is 1. The van der Waals surface area contributed by atoms with E-state index < -0.39 is 11.6 Å². The van der Waals surface area contributed by atoms with Crippen LogP contribution in [0.5, 0.6) is 0 Å². The molecular formula is C12H10F2N6. The van der Waals surface area contributed by atoms with Crippen molar-refractivity contribution in [2.24, 2.45) is 0 Å². The van der Waals surface area contributed by atoms with Crippen LogP contribution in [0, 0.1) is 11.6 Å². The first-order valence-corrected chi connectivity index (χ1v) is 5.77. The van der Waals surface area contributed by atoms with Gasteiger partial charge in [0.25, 0.3) is 0 Å². The molecule has 0 amide bonds. The largest absolute Gasteiger partial charge is 0.368 e. The maximum Gasteiger partial charge on any atom is 0.224 e. The van der Waals surface area contributed by atoms with Crippen LogP contribution in [-0.4, -0.2) is 20.2 Å². The minimum atomic E-state index is -0.627. The van der Waals surface area contributed by atoms with Gasteiger partial charge in [0.05, 0.1) is 11.6 Å². The monoisotopic (exact) mass is 276 g/mol. The Kier molecular flexibility index (Phi) is 2.90. The normalized spacial score (nSPS) is 10.9. The molecule has 20 heavy (non-hydrogen) atoms. The fraction of sp³-hybridized carbons (Fsp3) is 0.0833. The zero-order chi connectivity index (χ0) is 14.1. The summed E-state index contributed by atoms with van der Waals surface area (Å²) in [5.74, 6) is -0.726. The van der Waals surface area contributed by atoms with E-state index in [4.69, 9.17) is 5.73 Å². The summed E-state index contributed by atoms with van der Waals surface area (Å²) in [5, 5.41) is 10.1. The van der Waals surface area contributed by atoms with E-state index in [1.165, 1.54) is 12.1 Å². The Morgan fingerprint density at radius 2 is 1.90 bits per heavy atom. The zero-order valence-electron chi connectivity index (χ0n) is 10.2. The number of nitrogens with zero attached hydrogens (tertiary/aromatic N) is 3. The molecule has 0 aliphatic carbocycles. The van der Waals surface area contributed by atoms with Crippen LogP contribution in [0.4, 0.5) is 20.5 Å². The molecule has 8 heteroatoms. The standard InChI is InChI=1S/C12H10F2N6/c13-7-1-6(2-8(14)3-7)4-16-10-9-5-17-20-11(9)19-12(15)18-10/h1-3,5H,4H2,(H4,15,16,17,18,19,20). The number of aromatic nitrogens is 4. The molecule has 0 unspecified atom stereocenters. The number of anilines is 2. The quantitative estimate of drug-likeness (QED) is 0.678. The van der Waals surface area contributed by atoms with E-state index in [2.05, 4.69) is 25.5 Å². The van der Waals surface area contributed by atoms with Gasteiger partial charge in [-0.2, -0.15) is 15.1 Å². The molecule has 3 aromatic rings. The molecule has 0 aliphatic heterocycles. The van der Waals surface area contributed by atoms with Crippen molar-refractivity contribution in [3.8, 4) is 0 Å². The molecular weight excluding hydrogens is 266 g/mol. The van der Waals surface area contributed by atoms with E-state index >= 15 is 0 Å². The average Bonchev–Trinajstić information content (AvgIpc) is 2.82. The van der Waals surface area contributed by atoms with E-state index in [0.29, 0.717) is 22.4 Å². The van der Waals surface area contributed by atoms with Crippen LogP contribution in [0.1, 0.15) is 5.56 Å². The van der Waals surface area contributed by atoms with Gasteiger partial charge in [0, 0.05) is 12.6 Å². The van der Waals surface area contributed by atoms with Gasteiger partial charge in [-0.25, -0.2) is 8.78 Å². The molecule has 2 heterocycles.